The van der Waals surface area contributed by atoms with Crippen molar-refractivity contribution in [1.82, 2.24) is 15.1 Å². The van der Waals surface area contributed by atoms with Gasteiger partial charge in [0.15, 0.2) is 5.78 Å². The summed E-state index contributed by atoms with van der Waals surface area (Å²) in [6.45, 7) is 5.70. The second kappa shape index (κ2) is 8.57. The number of fused-ring (bicyclic) bond motifs is 1. The van der Waals surface area contributed by atoms with Crippen LogP contribution in [-0.4, -0.2) is 34.1 Å². The number of Topliss-reactive ketones (excluding diaryl/α,β-unsaturated/α-hetero) is 1. The zero-order valence-electron chi connectivity index (χ0n) is 18.7. The Balaban J connectivity index is 1.55. The average molecular weight is 435 g/mol. The molecule has 4 rings (SSSR count). The average Bonchev–Trinajstić information content (AvgIpc) is 3.34. The molecule has 0 saturated carbocycles. The van der Waals surface area contributed by atoms with E-state index in [0.717, 1.165) is 23.2 Å². The van der Waals surface area contributed by atoms with E-state index in [9.17, 15) is 14.0 Å². The number of hydrogen-bond donors (Lipinski definition) is 1. The first-order valence-electron chi connectivity index (χ1n) is 10.7. The zero-order chi connectivity index (χ0) is 23.0. The number of benzene rings is 2. The molecule has 0 bridgehead atoms. The maximum Gasteiger partial charge on any atom is 0.269 e. The van der Waals surface area contributed by atoms with Gasteiger partial charge in [-0.25, -0.2) is 4.39 Å². The molecule has 3 aromatic rings. The summed E-state index contributed by atoms with van der Waals surface area (Å²) in [6.07, 6.45) is 1.09. The molecule has 1 aliphatic heterocycles. The van der Waals surface area contributed by atoms with Gasteiger partial charge in [-0.3, -0.25) is 14.3 Å². The number of ether oxygens (including phenoxy) is 1. The van der Waals surface area contributed by atoms with E-state index in [-0.39, 0.29) is 17.8 Å². The number of halogens is 1. The number of aryl methyl sites for hydroxylation is 3. The highest BCUT2D eigenvalue weighted by Crippen LogP contribution is 2.41. The second-order valence-corrected chi connectivity index (χ2v) is 8.20. The monoisotopic (exact) mass is 435 g/mol. The molecular formula is C25H26FN3O3. The molecule has 32 heavy (non-hydrogen) atoms. The summed E-state index contributed by atoms with van der Waals surface area (Å²) < 4.78 is 22.4. The molecular weight excluding hydrogens is 409 g/mol. The molecule has 0 radical (unpaired) electrons. The Morgan fingerprint density at radius 3 is 2.69 bits per heavy atom. The molecule has 1 amide bonds. The summed E-state index contributed by atoms with van der Waals surface area (Å²) in [7, 11) is 1.74. The van der Waals surface area contributed by atoms with Crippen molar-refractivity contribution in [2.24, 2.45) is 7.05 Å². The lowest BCUT2D eigenvalue weighted by molar-refractivity contribution is 0.0923. The third-order valence-corrected chi connectivity index (χ3v) is 5.72. The topological polar surface area (TPSA) is 73.2 Å². The van der Waals surface area contributed by atoms with Gasteiger partial charge >= 0.3 is 0 Å². The van der Waals surface area contributed by atoms with Crippen molar-refractivity contribution in [3.8, 4) is 16.9 Å². The van der Waals surface area contributed by atoms with Gasteiger partial charge in [0.25, 0.3) is 5.91 Å². The van der Waals surface area contributed by atoms with Gasteiger partial charge in [-0.15, -0.1) is 0 Å². The summed E-state index contributed by atoms with van der Waals surface area (Å²) in [5.41, 5.74) is 4.69. The van der Waals surface area contributed by atoms with Crippen LogP contribution in [0.2, 0.25) is 0 Å². The van der Waals surface area contributed by atoms with Crippen LogP contribution < -0.4 is 10.1 Å². The first kappa shape index (κ1) is 21.7. The molecule has 6 nitrogen and oxygen atoms in total. The van der Waals surface area contributed by atoms with E-state index in [1.807, 2.05) is 26.0 Å². The van der Waals surface area contributed by atoms with E-state index in [4.69, 9.17) is 4.74 Å². The number of amides is 1. The van der Waals surface area contributed by atoms with E-state index in [1.165, 1.54) is 19.1 Å². The Bertz CT molecular complexity index is 1220. The number of ketones is 1. The van der Waals surface area contributed by atoms with Crippen molar-refractivity contribution in [2.75, 3.05) is 6.54 Å². The lowest BCUT2D eigenvalue weighted by Crippen LogP contribution is -2.35. The Labute approximate surface area is 186 Å². The maximum absolute atomic E-state index is 14.7. The largest absolute Gasteiger partial charge is 0.487 e. The molecule has 0 fully saturated rings. The van der Waals surface area contributed by atoms with Crippen LogP contribution in [0.1, 0.15) is 51.5 Å². The van der Waals surface area contributed by atoms with Crippen molar-refractivity contribution in [3.05, 3.63) is 70.3 Å². The summed E-state index contributed by atoms with van der Waals surface area (Å²) in [5.74, 6) is -0.149. The van der Waals surface area contributed by atoms with Crippen LogP contribution in [0.3, 0.4) is 0 Å². The normalized spacial score (nSPS) is 14.7. The SMILES string of the molecule is CCc1cc(C(=O)NC[C@@H]2Cc3cc(C)cc(-c4cc(C(C)=O)ccc4F)c3O2)n(C)n1. The number of hydrogen-bond acceptors (Lipinski definition) is 4. The Kier molecular flexibility index (Phi) is 5.82. The smallest absolute Gasteiger partial charge is 0.269 e. The zero-order valence-corrected chi connectivity index (χ0v) is 18.7. The first-order valence-corrected chi connectivity index (χ1v) is 10.7. The standard InChI is InChI=1S/C25H26FN3O3/c1-5-18-12-23(29(4)28-18)25(31)27-13-19-10-17-8-14(2)9-21(24(17)32-19)20-11-16(15(3)30)6-7-22(20)26/h6-9,11-12,19H,5,10,13H2,1-4H3,(H,27,31)/t19-/m0/s1. The van der Waals surface area contributed by atoms with Crippen molar-refractivity contribution in [1.29, 1.82) is 0 Å². The molecule has 7 heteroatoms. The predicted octanol–water partition coefficient (Wildman–Crippen LogP) is 4.03. The van der Waals surface area contributed by atoms with Crippen molar-refractivity contribution < 1.29 is 18.7 Å². The third kappa shape index (κ3) is 4.15. The molecule has 166 valence electrons. The van der Waals surface area contributed by atoms with Crippen molar-refractivity contribution in [3.63, 3.8) is 0 Å². The highest BCUT2D eigenvalue weighted by Gasteiger charge is 2.28. The Morgan fingerprint density at radius 2 is 2.00 bits per heavy atom. The number of carbonyl (C=O) groups is 2. The fourth-order valence-corrected chi connectivity index (χ4v) is 4.07. The third-order valence-electron chi connectivity index (χ3n) is 5.72. The number of rotatable bonds is 6. The van der Waals surface area contributed by atoms with E-state index in [1.54, 1.807) is 23.9 Å². The van der Waals surface area contributed by atoms with E-state index < -0.39 is 5.82 Å². The van der Waals surface area contributed by atoms with Gasteiger partial charge in [0.2, 0.25) is 0 Å². The van der Waals surface area contributed by atoms with Gasteiger partial charge in [0.1, 0.15) is 23.4 Å². The van der Waals surface area contributed by atoms with Crippen LogP contribution in [-0.2, 0) is 19.9 Å². The molecule has 2 aromatic carbocycles. The molecule has 1 atom stereocenters. The van der Waals surface area contributed by atoms with Gasteiger partial charge < -0.3 is 10.1 Å². The summed E-state index contributed by atoms with van der Waals surface area (Å²) in [4.78, 5) is 24.4. The van der Waals surface area contributed by atoms with Gasteiger partial charge in [0, 0.05) is 30.2 Å². The number of nitrogens with one attached hydrogen (secondary N) is 1. The van der Waals surface area contributed by atoms with E-state index in [0.29, 0.717) is 41.1 Å². The lowest BCUT2D eigenvalue weighted by atomic mass is 9.95. The summed E-state index contributed by atoms with van der Waals surface area (Å²) in [6, 6.07) is 10.0. The molecule has 0 saturated heterocycles. The number of nitrogens with zero attached hydrogens (tertiary/aromatic N) is 2. The quantitative estimate of drug-likeness (QED) is 0.594. The van der Waals surface area contributed by atoms with Crippen LogP contribution in [0.15, 0.2) is 36.4 Å². The minimum atomic E-state index is -0.411. The molecule has 1 aromatic heterocycles. The Morgan fingerprint density at radius 1 is 1.22 bits per heavy atom. The number of carbonyl (C=O) groups excluding carboxylic acids is 2. The molecule has 1 N–H and O–H groups in total. The molecule has 0 spiro atoms. The minimum Gasteiger partial charge on any atom is -0.487 e. The fraction of sp³-hybridized carbons (Fsp3) is 0.320. The van der Waals surface area contributed by atoms with Gasteiger partial charge in [-0.2, -0.15) is 5.10 Å². The van der Waals surface area contributed by atoms with Gasteiger partial charge in [-0.1, -0.05) is 13.0 Å². The van der Waals surface area contributed by atoms with Crippen LogP contribution in [0.25, 0.3) is 11.1 Å². The van der Waals surface area contributed by atoms with Gasteiger partial charge in [-0.05, 0) is 61.7 Å². The highest BCUT2D eigenvalue weighted by molar-refractivity contribution is 5.95. The first-order chi connectivity index (χ1) is 15.3. The molecule has 0 unspecified atom stereocenters. The van der Waals surface area contributed by atoms with Crippen LogP contribution in [0.5, 0.6) is 5.75 Å². The van der Waals surface area contributed by atoms with E-state index in [2.05, 4.69) is 10.4 Å². The molecule has 1 aliphatic rings. The highest BCUT2D eigenvalue weighted by atomic mass is 19.1. The maximum atomic E-state index is 14.7. The number of aromatic nitrogens is 2. The van der Waals surface area contributed by atoms with Crippen LogP contribution in [0.4, 0.5) is 4.39 Å². The molecule has 2 heterocycles. The van der Waals surface area contributed by atoms with E-state index >= 15 is 0 Å². The van der Waals surface area contributed by atoms with Crippen molar-refractivity contribution >= 4 is 11.7 Å². The van der Waals surface area contributed by atoms with Crippen molar-refractivity contribution in [2.45, 2.75) is 39.7 Å². The second-order valence-electron chi connectivity index (χ2n) is 8.20. The van der Waals surface area contributed by atoms with Crippen LogP contribution in [0, 0.1) is 12.7 Å². The summed E-state index contributed by atoms with van der Waals surface area (Å²) in [5, 5.41) is 7.23. The lowest BCUT2D eigenvalue weighted by Gasteiger charge is -2.15. The predicted molar refractivity (Wildman–Crippen MR) is 120 cm³/mol. The van der Waals surface area contributed by atoms with Gasteiger partial charge in [0.05, 0.1) is 12.2 Å². The minimum absolute atomic E-state index is 0.126. The van der Waals surface area contributed by atoms with Crippen LogP contribution >= 0.6 is 0 Å². The molecule has 0 aliphatic carbocycles. The fourth-order valence-electron chi connectivity index (χ4n) is 4.07. The summed E-state index contributed by atoms with van der Waals surface area (Å²) >= 11 is 0. The Hall–Kier alpha value is -3.48.